The van der Waals surface area contributed by atoms with Gasteiger partial charge in [-0.3, -0.25) is 9.48 Å². The Hall–Kier alpha value is -2.89. The fourth-order valence-corrected chi connectivity index (χ4v) is 2.31. The maximum atomic E-state index is 12.5. The van der Waals surface area contributed by atoms with Crippen molar-refractivity contribution in [2.45, 2.75) is 6.92 Å². The summed E-state index contributed by atoms with van der Waals surface area (Å²) in [6, 6.07) is 7.45. The molecule has 1 amide bonds. The van der Waals surface area contributed by atoms with Crippen LogP contribution in [0.5, 0.6) is 0 Å². The lowest BCUT2D eigenvalue weighted by molar-refractivity contribution is 0.102. The predicted octanol–water partition coefficient (Wildman–Crippen LogP) is 2.11. The molecule has 0 bridgehead atoms. The number of nitrogens with two attached hydrogens (primary N) is 1. The zero-order valence-electron chi connectivity index (χ0n) is 11.8. The van der Waals surface area contributed by atoms with Crippen LogP contribution in [0.2, 0.25) is 0 Å². The van der Waals surface area contributed by atoms with E-state index in [1.54, 1.807) is 10.9 Å². The van der Waals surface area contributed by atoms with E-state index in [1.165, 1.54) is 6.20 Å². The minimum absolute atomic E-state index is 0.227. The molecular formula is C15H15N5O. The van der Waals surface area contributed by atoms with Gasteiger partial charge in [-0.05, 0) is 12.3 Å². The monoisotopic (exact) mass is 281 g/mol. The summed E-state index contributed by atoms with van der Waals surface area (Å²) < 4.78 is 1.66. The summed E-state index contributed by atoms with van der Waals surface area (Å²) in [5.74, 6) is 0.189. The third kappa shape index (κ3) is 2.31. The van der Waals surface area contributed by atoms with E-state index in [-0.39, 0.29) is 5.91 Å². The Kier molecular flexibility index (Phi) is 3.06. The summed E-state index contributed by atoms with van der Waals surface area (Å²) in [5, 5.41) is 8.61. The summed E-state index contributed by atoms with van der Waals surface area (Å²) in [5.41, 5.74) is 7.78. The molecule has 21 heavy (non-hydrogen) atoms. The smallest absolute Gasteiger partial charge is 0.257 e. The summed E-state index contributed by atoms with van der Waals surface area (Å²) in [6.07, 6.45) is 3.26. The summed E-state index contributed by atoms with van der Waals surface area (Å²) >= 11 is 0. The maximum absolute atomic E-state index is 12.5. The predicted molar refractivity (Wildman–Crippen MR) is 82.1 cm³/mol. The molecule has 0 aliphatic heterocycles. The van der Waals surface area contributed by atoms with Gasteiger partial charge in [0.25, 0.3) is 5.91 Å². The molecule has 2 aromatic heterocycles. The van der Waals surface area contributed by atoms with Gasteiger partial charge in [0, 0.05) is 24.8 Å². The van der Waals surface area contributed by atoms with Crippen LogP contribution >= 0.6 is 0 Å². The molecule has 0 fully saturated rings. The van der Waals surface area contributed by atoms with Gasteiger partial charge >= 0.3 is 0 Å². The van der Waals surface area contributed by atoms with E-state index in [0.29, 0.717) is 17.1 Å². The van der Waals surface area contributed by atoms with Crippen LogP contribution in [0.15, 0.2) is 36.7 Å². The first kappa shape index (κ1) is 13.1. The van der Waals surface area contributed by atoms with Crippen molar-refractivity contribution in [3.8, 4) is 0 Å². The van der Waals surface area contributed by atoms with E-state index >= 15 is 0 Å². The molecule has 2 heterocycles. The van der Waals surface area contributed by atoms with Crippen molar-refractivity contribution >= 4 is 28.2 Å². The summed E-state index contributed by atoms with van der Waals surface area (Å²) in [6.45, 7) is 1.84. The second-order valence-corrected chi connectivity index (χ2v) is 4.86. The number of aromatic nitrogens is 3. The molecule has 0 saturated heterocycles. The van der Waals surface area contributed by atoms with Crippen molar-refractivity contribution in [3.63, 3.8) is 0 Å². The molecule has 6 nitrogen and oxygen atoms in total. The Labute approximate surface area is 121 Å². The number of amides is 1. The number of benzene rings is 1. The molecule has 106 valence electrons. The second-order valence-electron chi connectivity index (χ2n) is 4.86. The largest absolute Gasteiger partial charge is 0.383 e. The van der Waals surface area contributed by atoms with E-state index in [0.717, 1.165) is 16.5 Å². The molecule has 3 N–H and O–H groups in total. The Morgan fingerprint density at radius 3 is 2.67 bits per heavy atom. The first-order valence-electron chi connectivity index (χ1n) is 6.51. The highest BCUT2D eigenvalue weighted by Gasteiger charge is 2.14. The minimum atomic E-state index is -0.227. The number of aryl methyl sites for hydroxylation is 2. The van der Waals surface area contributed by atoms with Crippen molar-refractivity contribution in [3.05, 3.63) is 47.9 Å². The zero-order valence-corrected chi connectivity index (χ0v) is 11.8. The highest BCUT2D eigenvalue weighted by molar-refractivity contribution is 6.14. The number of nitrogens with zero attached hydrogens (tertiary/aromatic N) is 3. The lowest BCUT2D eigenvalue weighted by atomic mass is 10.1. The number of pyridine rings is 1. The molecule has 0 saturated carbocycles. The van der Waals surface area contributed by atoms with Crippen LogP contribution in [-0.2, 0) is 7.05 Å². The molecule has 0 spiro atoms. The van der Waals surface area contributed by atoms with Crippen molar-refractivity contribution in [1.29, 1.82) is 0 Å². The highest BCUT2D eigenvalue weighted by Crippen LogP contribution is 2.23. The topological polar surface area (TPSA) is 85.8 Å². The number of rotatable bonds is 2. The normalized spacial score (nSPS) is 10.8. The van der Waals surface area contributed by atoms with Crippen LogP contribution in [0.1, 0.15) is 16.1 Å². The van der Waals surface area contributed by atoms with Gasteiger partial charge in [0.2, 0.25) is 0 Å². The van der Waals surface area contributed by atoms with Gasteiger partial charge in [0.1, 0.15) is 5.82 Å². The van der Waals surface area contributed by atoms with Crippen LogP contribution in [0, 0.1) is 6.92 Å². The van der Waals surface area contributed by atoms with Gasteiger partial charge < -0.3 is 11.1 Å². The molecule has 0 unspecified atom stereocenters. The first-order chi connectivity index (χ1) is 10.1. The van der Waals surface area contributed by atoms with Crippen LogP contribution in [-0.4, -0.2) is 20.7 Å². The Balaban J connectivity index is 2.02. The van der Waals surface area contributed by atoms with Crippen LogP contribution in [0.3, 0.4) is 0 Å². The van der Waals surface area contributed by atoms with Gasteiger partial charge in [0.05, 0.1) is 16.9 Å². The number of anilines is 2. The number of carbonyl (C=O) groups is 1. The van der Waals surface area contributed by atoms with Crippen molar-refractivity contribution in [2.24, 2.45) is 7.05 Å². The van der Waals surface area contributed by atoms with E-state index in [1.807, 2.05) is 38.2 Å². The van der Waals surface area contributed by atoms with Crippen molar-refractivity contribution < 1.29 is 4.79 Å². The molecule has 0 atom stereocenters. The van der Waals surface area contributed by atoms with Crippen molar-refractivity contribution in [2.75, 3.05) is 11.1 Å². The average Bonchev–Trinajstić information content (AvgIpc) is 2.77. The lowest BCUT2D eigenvalue weighted by Gasteiger charge is -2.08. The molecule has 1 aromatic carbocycles. The molecular weight excluding hydrogens is 266 g/mol. The Morgan fingerprint density at radius 1 is 1.29 bits per heavy atom. The fraction of sp³-hybridized carbons (Fsp3) is 0.133. The molecule has 6 heteroatoms. The van der Waals surface area contributed by atoms with Crippen LogP contribution < -0.4 is 11.1 Å². The average molecular weight is 281 g/mol. The molecule has 3 rings (SSSR count). The third-order valence-electron chi connectivity index (χ3n) is 3.33. The quantitative estimate of drug-likeness (QED) is 0.753. The SMILES string of the molecule is Cc1nn(C)cc1NC(=O)c1cnc(N)c2ccccc12. The zero-order chi connectivity index (χ0) is 15.0. The van der Waals surface area contributed by atoms with E-state index in [2.05, 4.69) is 15.4 Å². The van der Waals surface area contributed by atoms with Gasteiger partial charge in [0.15, 0.2) is 0 Å². The second kappa shape index (κ2) is 4.90. The highest BCUT2D eigenvalue weighted by atomic mass is 16.1. The Morgan fingerprint density at radius 2 is 2.00 bits per heavy atom. The lowest BCUT2D eigenvalue weighted by Crippen LogP contribution is -2.13. The van der Waals surface area contributed by atoms with Gasteiger partial charge in [-0.25, -0.2) is 4.98 Å². The van der Waals surface area contributed by atoms with E-state index in [9.17, 15) is 4.79 Å². The molecule has 0 radical (unpaired) electrons. The number of carbonyl (C=O) groups excluding carboxylic acids is 1. The summed E-state index contributed by atoms with van der Waals surface area (Å²) in [7, 11) is 1.81. The fourth-order valence-electron chi connectivity index (χ4n) is 2.31. The van der Waals surface area contributed by atoms with Crippen molar-refractivity contribution in [1.82, 2.24) is 14.8 Å². The Bertz CT molecular complexity index is 837. The van der Waals surface area contributed by atoms with E-state index < -0.39 is 0 Å². The molecule has 0 aliphatic rings. The van der Waals surface area contributed by atoms with Gasteiger partial charge in [-0.1, -0.05) is 24.3 Å². The molecule has 3 aromatic rings. The first-order valence-corrected chi connectivity index (χ1v) is 6.51. The number of fused-ring (bicyclic) bond motifs is 1. The summed E-state index contributed by atoms with van der Waals surface area (Å²) in [4.78, 5) is 16.6. The minimum Gasteiger partial charge on any atom is -0.383 e. The van der Waals surface area contributed by atoms with Crippen LogP contribution in [0.4, 0.5) is 11.5 Å². The van der Waals surface area contributed by atoms with Gasteiger partial charge in [-0.2, -0.15) is 5.10 Å². The maximum Gasteiger partial charge on any atom is 0.257 e. The number of hydrogen-bond donors (Lipinski definition) is 2. The number of nitrogens with one attached hydrogen (secondary N) is 1. The number of hydrogen-bond acceptors (Lipinski definition) is 4. The van der Waals surface area contributed by atoms with Crippen LogP contribution in [0.25, 0.3) is 10.8 Å². The van der Waals surface area contributed by atoms with E-state index in [4.69, 9.17) is 5.73 Å². The number of nitrogen functional groups attached to an aromatic ring is 1. The third-order valence-corrected chi connectivity index (χ3v) is 3.33. The molecule has 0 aliphatic carbocycles. The van der Waals surface area contributed by atoms with Gasteiger partial charge in [-0.15, -0.1) is 0 Å². The standard InChI is InChI=1S/C15H15N5O/c1-9-13(8-20(2)19-9)18-15(21)12-7-17-14(16)11-6-4-3-5-10(11)12/h3-8H,1-2H3,(H2,16,17)(H,18,21).